The van der Waals surface area contributed by atoms with E-state index >= 15 is 0 Å². The van der Waals surface area contributed by atoms with Gasteiger partial charge in [0.15, 0.2) is 5.82 Å². The van der Waals surface area contributed by atoms with Crippen LogP contribution in [-0.2, 0) is 0 Å². The van der Waals surface area contributed by atoms with Gasteiger partial charge in [-0.3, -0.25) is 0 Å². The van der Waals surface area contributed by atoms with Crippen molar-refractivity contribution in [2.45, 2.75) is 0 Å². The molecule has 3 rings (SSSR count). The van der Waals surface area contributed by atoms with Crippen molar-refractivity contribution in [3.05, 3.63) is 52.5 Å². The van der Waals surface area contributed by atoms with Gasteiger partial charge in [0, 0.05) is 5.56 Å². The molecule has 0 aliphatic carbocycles. The van der Waals surface area contributed by atoms with E-state index in [1.54, 1.807) is 6.07 Å². The van der Waals surface area contributed by atoms with Crippen molar-refractivity contribution in [1.82, 2.24) is 20.2 Å². The number of halogens is 3. The topological polar surface area (TPSA) is 69.6 Å². The standard InChI is InChI=1S/C13H8BrF2N5/c14-9-6-8(2-3-10(9)15)21-13(18-19-20-21)7-1-4-12(17)11(16)5-7/h1-6H,17H2. The number of hydrogen-bond donors (Lipinski definition) is 1. The fraction of sp³-hybridized carbons (Fsp3) is 0. The first-order valence-electron chi connectivity index (χ1n) is 5.85. The Morgan fingerprint density at radius 2 is 1.86 bits per heavy atom. The van der Waals surface area contributed by atoms with Gasteiger partial charge in [-0.15, -0.1) is 5.10 Å². The predicted molar refractivity (Wildman–Crippen MR) is 76.6 cm³/mol. The Bertz CT molecular complexity index is 752. The van der Waals surface area contributed by atoms with Crippen molar-refractivity contribution < 1.29 is 8.78 Å². The molecule has 5 nitrogen and oxygen atoms in total. The van der Waals surface area contributed by atoms with Gasteiger partial charge in [0.2, 0.25) is 0 Å². The third kappa shape index (κ3) is 2.49. The molecule has 8 heteroatoms. The van der Waals surface area contributed by atoms with E-state index in [2.05, 4.69) is 31.5 Å². The van der Waals surface area contributed by atoms with Gasteiger partial charge in [-0.1, -0.05) is 0 Å². The first-order chi connectivity index (χ1) is 10.1. The molecule has 0 saturated heterocycles. The van der Waals surface area contributed by atoms with E-state index in [1.165, 1.54) is 35.0 Å². The third-order valence-electron chi connectivity index (χ3n) is 2.88. The molecule has 0 unspecified atom stereocenters. The molecule has 0 aliphatic rings. The van der Waals surface area contributed by atoms with Crippen LogP contribution in [0.3, 0.4) is 0 Å². The number of hydrogen-bond acceptors (Lipinski definition) is 4. The summed E-state index contributed by atoms with van der Waals surface area (Å²) in [6.07, 6.45) is 0. The van der Waals surface area contributed by atoms with Crippen LogP contribution in [0.5, 0.6) is 0 Å². The van der Waals surface area contributed by atoms with Crippen molar-refractivity contribution in [1.29, 1.82) is 0 Å². The Balaban J connectivity index is 2.12. The molecule has 1 aromatic heterocycles. The molecule has 2 N–H and O–H groups in total. The minimum atomic E-state index is -0.553. The van der Waals surface area contributed by atoms with E-state index in [9.17, 15) is 8.78 Å². The molecule has 1 heterocycles. The number of tetrazole rings is 1. The lowest BCUT2D eigenvalue weighted by Gasteiger charge is -2.06. The van der Waals surface area contributed by atoms with Gasteiger partial charge < -0.3 is 5.73 Å². The zero-order chi connectivity index (χ0) is 15.0. The number of nitrogens with two attached hydrogens (primary N) is 1. The van der Waals surface area contributed by atoms with E-state index in [1.807, 2.05) is 0 Å². The highest BCUT2D eigenvalue weighted by Crippen LogP contribution is 2.25. The number of aromatic nitrogens is 4. The average Bonchev–Trinajstić information content (AvgIpc) is 2.94. The second kappa shape index (κ2) is 5.21. The molecule has 0 fully saturated rings. The highest BCUT2D eigenvalue weighted by molar-refractivity contribution is 9.10. The molecule has 0 bridgehead atoms. The lowest BCUT2D eigenvalue weighted by molar-refractivity contribution is 0.620. The summed E-state index contributed by atoms with van der Waals surface area (Å²) >= 11 is 3.10. The summed E-state index contributed by atoms with van der Waals surface area (Å²) in [4.78, 5) is 0. The van der Waals surface area contributed by atoms with Gasteiger partial charge in [-0.2, -0.15) is 4.68 Å². The predicted octanol–water partition coefficient (Wildman–Crippen LogP) is 2.95. The number of nitrogen functional groups attached to an aromatic ring is 1. The van der Waals surface area contributed by atoms with E-state index in [-0.39, 0.29) is 10.2 Å². The quantitative estimate of drug-likeness (QED) is 0.720. The fourth-order valence-corrected chi connectivity index (χ4v) is 2.19. The molecule has 2 aromatic carbocycles. The van der Waals surface area contributed by atoms with E-state index < -0.39 is 11.6 Å². The molecular formula is C13H8BrF2N5. The van der Waals surface area contributed by atoms with Crippen LogP contribution in [0.25, 0.3) is 17.1 Å². The van der Waals surface area contributed by atoms with Crippen LogP contribution >= 0.6 is 15.9 Å². The molecule has 0 atom stereocenters. The normalized spacial score (nSPS) is 10.8. The molecule has 0 amide bonds. The smallest absolute Gasteiger partial charge is 0.187 e. The third-order valence-corrected chi connectivity index (χ3v) is 3.48. The monoisotopic (exact) mass is 351 g/mol. The van der Waals surface area contributed by atoms with Crippen LogP contribution in [-0.4, -0.2) is 20.2 Å². The van der Waals surface area contributed by atoms with Crippen molar-refractivity contribution in [2.24, 2.45) is 0 Å². The van der Waals surface area contributed by atoms with Gasteiger partial charge in [-0.25, -0.2) is 8.78 Å². The van der Waals surface area contributed by atoms with Crippen LogP contribution in [0.2, 0.25) is 0 Å². The second-order valence-corrected chi connectivity index (χ2v) is 5.10. The Labute approximate surface area is 126 Å². The fourth-order valence-electron chi connectivity index (χ4n) is 1.82. The highest BCUT2D eigenvalue weighted by Gasteiger charge is 2.13. The summed E-state index contributed by atoms with van der Waals surface area (Å²) in [5, 5.41) is 11.3. The molecule has 0 spiro atoms. The number of nitrogens with zero attached hydrogens (tertiary/aromatic N) is 4. The van der Waals surface area contributed by atoms with E-state index in [0.29, 0.717) is 17.1 Å². The summed E-state index contributed by atoms with van der Waals surface area (Å²) in [7, 11) is 0. The first-order valence-corrected chi connectivity index (χ1v) is 6.65. The zero-order valence-corrected chi connectivity index (χ0v) is 12.1. The molecule has 106 valence electrons. The SMILES string of the molecule is Nc1ccc(-c2nnnn2-c2ccc(F)c(Br)c2)cc1F. The van der Waals surface area contributed by atoms with E-state index in [0.717, 1.165) is 0 Å². The average molecular weight is 352 g/mol. The summed E-state index contributed by atoms with van der Waals surface area (Å²) in [5.74, 6) is -0.623. The second-order valence-electron chi connectivity index (χ2n) is 4.25. The van der Waals surface area contributed by atoms with Gasteiger partial charge in [0.25, 0.3) is 0 Å². The van der Waals surface area contributed by atoms with Crippen molar-refractivity contribution in [3.63, 3.8) is 0 Å². The Morgan fingerprint density at radius 1 is 1.05 bits per heavy atom. The maximum atomic E-state index is 13.6. The lowest BCUT2D eigenvalue weighted by atomic mass is 10.2. The maximum Gasteiger partial charge on any atom is 0.187 e. The number of rotatable bonds is 2. The molecular weight excluding hydrogens is 344 g/mol. The van der Waals surface area contributed by atoms with Gasteiger partial charge in [0.05, 0.1) is 15.8 Å². The lowest BCUT2D eigenvalue weighted by Crippen LogP contribution is -2.01. The van der Waals surface area contributed by atoms with E-state index in [4.69, 9.17) is 5.73 Å². The van der Waals surface area contributed by atoms with Gasteiger partial charge in [-0.05, 0) is 62.8 Å². The molecule has 0 radical (unpaired) electrons. The largest absolute Gasteiger partial charge is 0.396 e. The van der Waals surface area contributed by atoms with Crippen LogP contribution in [0, 0.1) is 11.6 Å². The zero-order valence-electron chi connectivity index (χ0n) is 10.5. The van der Waals surface area contributed by atoms with Crippen molar-refractivity contribution in [2.75, 3.05) is 5.73 Å². The molecule has 3 aromatic rings. The molecule has 0 saturated carbocycles. The Kier molecular flexibility index (Phi) is 3.38. The molecule has 21 heavy (non-hydrogen) atoms. The van der Waals surface area contributed by atoms with Crippen molar-refractivity contribution in [3.8, 4) is 17.1 Å². The maximum absolute atomic E-state index is 13.6. The van der Waals surface area contributed by atoms with Crippen LogP contribution in [0.1, 0.15) is 0 Å². The highest BCUT2D eigenvalue weighted by atomic mass is 79.9. The summed E-state index contributed by atoms with van der Waals surface area (Å²) in [6.45, 7) is 0. The summed E-state index contributed by atoms with van der Waals surface area (Å²) in [6, 6.07) is 8.63. The van der Waals surface area contributed by atoms with Crippen LogP contribution < -0.4 is 5.73 Å². The van der Waals surface area contributed by atoms with Crippen LogP contribution in [0.15, 0.2) is 40.9 Å². The van der Waals surface area contributed by atoms with Gasteiger partial charge in [0.1, 0.15) is 11.6 Å². The number of benzene rings is 2. The Morgan fingerprint density at radius 3 is 2.57 bits per heavy atom. The van der Waals surface area contributed by atoms with Gasteiger partial charge >= 0.3 is 0 Å². The number of anilines is 1. The molecule has 0 aliphatic heterocycles. The minimum absolute atomic E-state index is 0.0438. The van der Waals surface area contributed by atoms with Crippen molar-refractivity contribution >= 4 is 21.6 Å². The summed E-state index contributed by atoms with van der Waals surface area (Å²) < 4.78 is 28.5. The summed E-state index contributed by atoms with van der Waals surface area (Å²) in [5.41, 5.74) is 6.50. The Hall–Kier alpha value is -2.35. The first kappa shape index (κ1) is 13.6. The van der Waals surface area contributed by atoms with Crippen LogP contribution in [0.4, 0.5) is 14.5 Å². The minimum Gasteiger partial charge on any atom is -0.396 e.